The van der Waals surface area contributed by atoms with E-state index in [9.17, 15) is 14.4 Å². The molecule has 0 aliphatic heterocycles. The van der Waals surface area contributed by atoms with Gasteiger partial charge in [-0.3, -0.25) is 14.4 Å². The Labute approximate surface area is 148 Å². The molecule has 0 radical (unpaired) electrons. The minimum Gasteiger partial charge on any atom is -0.481 e. The highest BCUT2D eigenvalue weighted by Gasteiger charge is 2.20. The molecule has 1 aromatic rings. The quantitative estimate of drug-likeness (QED) is 0.645. The molecule has 0 fully saturated rings. The second kappa shape index (κ2) is 9.78. The summed E-state index contributed by atoms with van der Waals surface area (Å²) in [6.07, 6.45) is -0.792. The maximum Gasteiger partial charge on any atom is 0.261 e. The van der Waals surface area contributed by atoms with Crippen LogP contribution >= 0.6 is 0 Å². The van der Waals surface area contributed by atoms with E-state index in [1.165, 1.54) is 6.92 Å². The topological polar surface area (TPSA) is 87.7 Å². The van der Waals surface area contributed by atoms with E-state index in [0.717, 1.165) is 6.54 Å². The van der Waals surface area contributed by atoms with E-state index < -0.39 is 18.1 Å². The SMILES string of the molecule is CC(=O)c1cccc(OC(C)C(=O)NC(C)C(=O)NCCN(C)C)c1. The minimum atomic E-state index is -0.792. The molecule has 1 rings (SSSR count). The van der Waals surface area contributed by atoms with Crippen molar-refractivity contribution in [3.8, 4) is 5.75 Å². The van der Waals surface area contributed by atoms with Gasteiger partial charge in [0.05, 0.1) is 0 Å². The van der Waals surface area contributed by atoms with Crippen LogP contribution in [-0.4, -0.2) is 61.8 Å². The molecular weight excluding hydrogens is 322 g/mol. The summed E-state index contributed by atoms with van der Waals surface area (Å²) >= 11 is 0. The minimum absolute atomic E-state index is 0.0782. The monoisotopic (exact) mass is 349 g/mol. The molecule has 0 saturated carbocycles. The number of amides is 2. The van der Waals surface area contributed by atoms with Crippen molar-refractivity contribution in [2.45, 2.75) is 32.9 Å². The highest BCUT2D eigenvalue weighted by molar-refractivity contribution is 5.94. The van der Waals surface area contributed by atoms with Crippen LogP contribution in [0.15, 0.2) is 24.3 Å². The smallest absolute Gasteiger partial charge is 0.261 e. The van der Waals surface area contributed by atoms with E-state index in [1.54, 1.807) is 38.1 Å². The summed E-state index contributed by atoms with van der Waals surface area (Å²) in [5, 5.41) is 5.37. The Morgan fingerprint density at radius 1 is 1.16 bits per heavy atom. The van der Waals surface area contributed by atoms with Crippen LogP contribution in [-0.2, 0) is 9.59 Å². The van der Waals surface area contributed by atoms with Crippen molar-refractivity contribution in [2.75, 3.05) is 27.2 Å². The number of carbonyl (C=O) groups excluding carboxylic acids is 3. The van der Waals surface area contributed by atoms with Gasteiger partial charge in [0.2, 0.25) is 5.91 Å². The first-order valence-electron chi connectivity index (χ1n) is 8.21. The number of hydrogen-bond donors (Lipinski definition) is 2. The average molecular weight is 349 g/mol. The molecule has 0 aliphatic rings. The van der Waals surface area contributed by atoms with Crippen LogP contribution in [0.25, 0.3) is 0 Å². The number of Topliss-reactive ketones (excluding diaryl/α,β-unsaturated/α-hetero) is 1. The van der Waals surface area contributed by atoms with Crippen molar-refractivity contribution < 1.29 is 19.1 Å². The Kier molecular flexibility index (Phi) is 8.07. The molecule has 2 atom stereocenters. The summed E-state index contributed by atoms with van der Waals surface area (Å²) in [4.78, 5) is 37.4. The first-order chi connectivity index (χ1) is 11.7. The zero-order valence-electron chi connectivity index (χ0n) is 15.5. The first-order valence-corrected chi connectivity index (χ1v) is 8.21. The molecule has 0 heterocycles. The lowest BCUT2D eigenvalue weighted by Crippen LogP contribution is -2.49. The summed E-state index contributed by atoms with van der Waals surface area (Å²) in [6, 6.07) is 5.97. The molecule has 0 aromatic heterocycles. The number of nitrogens with zero attached hydrogens (tertiary/aromatic N) is 1. The fraction of sp³-hybridized carbons (Fsp3) is 0.500. The molecular formula is C18H27N3O4. The summed E-state index contributed by atoms with van der Waals surface area (Å²) in [5.74, 6) is -0.298. The van der Waals surface area contributed by atoms with Crippen LogP contribution < -0.4 is 15.4 Å². The van der Waals surface area contributed by atoms with Crippen molar-refractivity contribution in [1.82, 2.24) is 15.5 Å². The molecule has 7 nitrogen and oxygen atoms in total. The van der Waals surface area contributed by atoms with Gasteiger partial charge in [-0.1, -0.05) is 12.1 Å². The Morgan fingerprint density at radius 2 is 1.84 bits per heavy atom. The zero-order valence-corrected chi connectivity index (χ0v) is 15.5. The molecule has 1 aromatic carbocycles. The Balaban J connectivity index is 2.51. The lowest BCUT2D eigenvalue weighted by molar-refractivity contribution is -0.132. The number of benzene rings is 1. The molecule has 2 amide bonds. The molecule has 2 unspecified atom stereocenters. The Hall–Kier alpha value is -2.41. The van der Waals surface area contributed by atoms with Gasteiger partial charge in [0.1, 0.15) is 11.8 Å². The van der Waals surface area contributed by atoms with E-state index >= 15 is 0 Å². The van der Waals surface area contributed by atoms with Gasteiger partial charge in [-0.05, 0) is 47.0 Å². The van der Waals surface area contributed by atoms with Gasteiger partial charge in [-0.25, -0.2) is 0 Å². The van der Waals surface area contributed by atoms with Crippen LogP contribution in [0.1, 0.15) is 31.1 Å². The molecule has 0 aliphatic carbocycles. The second-order valence-electron chi connectivity index (χ2n) is 6.17. The van der Waals surface area contributed by atoms with Crippen LogP contribution in [0.5, 0.6) is 5.75 Å². The first kappa shape index (κ1) is 20.6. The maximum absolute atomic E-state index is 12.2. The van der Waals surface area contributed by atoms with Gasteiger partial charge in [0, 0.05) is 18.7 Å². The Bertz CT molecular complexity index is 616. The third-order valence-corrected chi connectivity index (χ3v) is 3.53. The molecule has 7 heteroatoms. The third kappa shape index (κ3) is 7.34. The fourth-order valence-corrected chi connectivity index (χ4v) is 2.00. The standard InChI is InChI=1S/C18H27N3O4/c1-12(17(23)19-9-10-21(4)5)20-18(24)14(3)25-16-8-6-7-15(11-16)13(2)22/h6-8,11-12,14H,9-10H2,1-5H3,(H,19,23)(H,20,24). The largest absolute Gasteiger partial charge is 0.481 e. The Morgan fingerprint density at radius 3 is 2.44 bits per heavy atom. The summed E-state index contributed by atoms with van der Waals surface area (Å²) in [7, 11) is 3.83. The predicted molar refractivity (Wildman–Crippen MR) is 95.7 cm³/mol. The van der Waals surface area contributed by atoms with E-state index in [0.29, 0.717) is 17.9 Å². The van der Waals surface area contributed by atoms with E-state index in [-0.39, 0.29) is 11.7 Å². The van der Waals surface area contributed by atoms with Crippen molar-refractivity contribution in [3.63, 3.8) is 0 Å². The molecule has 138 valence electrons. The molecule has 2 N–H and O–H groups in total. The lowest BCUT2D eigenvalue weighted by atomic mass is 10.1. The number of nitrogens with one attached hydrogen (secondary N) is 2. The predicted octanol–water partition coefficient (Wildman–Crippen LogP) is 0.839. The zero-order chi connectivity index (χ0) is 19.0. The second-order valence-corrected chi connectivity index (χ2v) is 6.17. The molecule has 0 saturated heterocycles. The summed E-state index contributed by atoms with van der Waals surface area (Å²) in [6.45, 7) is 5.90. The van der Waals surface area contributed by atoms with E-state index in [1.807, 2.05) is 19.0 Å². The van der Waals surface area contributed by atoms with Crippen LogP contribution in [0, 0.1) is 0 Å². The van der Waals surface area contributed by atoms with Crippen molar-refractivity contribution in [2.24, 2.45) is 0 Å². The molecule has 0 bridgehead atoms. The molecule has 25 heavy (non-hydrogen) atoms. The lowest BCUT2D eigenvalue weighted by Gasteiger charge is -2.19. The van der Waals surface area contributed by atoms with Gasteiger partial charge in [-0.2, -0.15) is 0 Å². The van der Waals surface area contributed by atoms with E-state index in [4.69, 9.17) is 4.74 Å². The van der Waals surface area contributed by atoms with Gasteiger partial charge in [0.15, 0.2) is 11.9 Å². The van der Waals surface area contributed by atoms with Gasteiger partial charge >= 0.3 is 0 Å². The van der Waals surface area contributed by atoms with Crippen LogP contribution in [0.3, 0.4) is 0 Å². The summed E-state index contributed by atoms with van der Waals surface area (Å²) in [5.41, 5.74) is 0.513. The van der Waals surface area contributed by atoms with Crippen LogP contribution in [0.4, 0.5) is 0 Å². The van der Waals surface area contributed by atoms with Crippen molar-refractivity contribution in [3.05, 3.63) is 29.8 Å². The number of likely N-dealkylation sites (N-methyl/N-ethyl adjacent to an activating group) is 1. The van der Waals surface area contributed by atoms with Gasteiger partial charge in [0.25, 0.3) is 5.91 Å². The molecule has 0 spiro atoms. The average Bonchev–Trinajstić information content (AvgIpc) is 2.54. The number of hydrogen-bond acceptors (Lipinski definition) is 5. The van der Waals surface area contributed by atoms with Gasteiger partial charge in [-0.15, -0.1) is 0 Å². The number of carbonyl (C=O) groups is 3. The number of rotatable bonds is 9. The van der Waals surface area contributed by atoms with Crippen LogP contribution in [0.2, 0.25) is 0 Å². The fourth-order valence-electron chi connectivity index (χ4n) is 2.00. The van der Waals surface area contributed by atoms with Crippen molar-refractivity contribution in [1.29, 1.82) is 0 Å². The van der Waals surface area contributed by atoms with Crippen molar-refractivity contribution >= 4 is 17.6 Å². The normalized spacial score (nSPS) is 13.0. The maximum atomic E-state index is 12.2. The van der Waals surface area contributed by atoms with E-state index in [2.05, 4.69) is 10.6 Å². The van der Waals surface area contributed by atoms with Gasteiger partial charge < -0.3 is 20.3 Å². The highest BCUT2D eigenvalue weighted by Crippen LogP contribution is 2.15. The summed E-state index contributed by atoms with van der Waals surface area (Å²) < 4.78 is 5.56. The number of ketones is 1. The number of ether oxygens (including phenoxy) is 1. The highest BCUT2D eigenvalue weighted by atomic mass is 16.5. The third-order valence-electron chi connectivity index (χ3n) is 3.53.